The molecular weight excluding hydrogens is 290 g/mol. The Bertz CT molecular complexity index is 684. The molecule has 0 amide bonds. The quantitative estimate of drug-likeness (QED) is 0.882. The molecule has 6 nitrogen and oxygen atoms in total. The second kappa shape index (κ2) is 6.77. The summed E-state index contributed by atoms with van der Waals surface area (Å²) in [5.74, 6) is 1.40. The maximum atomic E-state index is 9.20. The third kappa shape index (κ3) is 3.33. The first-order valence-corrected chi connectivity index (χ1v) is 6.68. The van der Waals surface area contributed by atoms with Crippen LogP contribution >= 0.6 is 11.6 Å². The van der Waals surface area contributed by atoms with Crippen LogP contribution in [0, 0.1) is 11.3 Å². The molecule has 0 spiro atoms. The highest BCUT2D eigenvalue weighted by Gasteiger charge is 2.12. The maximum absolute atomic E-state index is 9.20. The number of para-hydroxylation sites is 1. The van der Waals surface area contributed by atoms with E-state index < -0.39 is 0 Å². The van der Waals surface area contributed by atoms with Gasteiger partial charge >= 0.3 is 0 Å². The first-order valence-electron chi connectivity index (χ1n) is 6.30. The van der Waals surface area contributed by atoms with Crippen molar-refractivity contribution in [2.24, 2.45) is 0 Å². The number of ether oxygens (including phenoxy) is 1. The summed E-state index contributed by atoms with van der Waals surface area (Å²) in [5, 5.41) is 15.6. The number of aromatic nitrogens is 2. The summed E-state index contributed by atoms with van der Waals surface area (Å²) in [6.45, 7) is 2.64. The number of nitriles is 1. The van der Waals surface area contributed by atoms with E-state index in [4.69, 9.17) is 16.3 Å². The third-order valence-corrected chi connectivity index (χ3v) is 2.97. The molecule has 1 aromatic carbocycles. The molecule has 0 bridgehead atoms. The van der Waals surface area contributed by atoms with Crippen LogP contribution in [0.15, 0.2) is 24.4 Å². The summed E-state index contributed by atoms with van der Waals surface area (Å²) in [6.07, 6.45) is 1.50. The van der Waals surface area contributed by atoms with Crippen LogP contribution in [0.5, 0.6) is 5.75 Å². The van der Waals surface area contributed by atoms with E-state index in [0.717, 1.165) is 0 Å². The molecule has 21 heavy (non-hydrogen) atoms. The number of halogens is 1. The minimum Gasteiger partial charge on any atom is -0.495 e. The van der Waals surface area contributed by atoms with Crippen molar-refractivity contribution in [3.8, 4) is 11.8 Å². The molecule has 0 aliphatic carbocycles. The fraction of sp³-hybridized carbons (Fsp3) is 0.214. The third-order valence-electron chi connectivity index (χ3n) is 2.69. The van der Waals surface area contributed by atoms with Crippen LogP contribution in [-0.4, -0.2) is 23.6 Å². The number of anilines is 3. The molecule has 7 heteroatoms. The van der Waals surface area contributed by atoms with Gasteiger partial charge in [0.2, 0.25) is 5.95 Å². The van der Waals surface area contributed by atoms with E-state index in [-0.39, 0.29) is 0 Å². The van der Waals surface area contributed by atoms with Gasteiger partial charge in [0, 0.05) is 6.54 Å². The number of nitrogens with one attached hydrogen (secondary N) is 2. The summed E-state index contributed by atoms with van der Waals surface area (Å²) in [4.78, 5) is 8.34. The maximum Gasteiger partial charge on any atom is 0.224 e. The summed E-state index contributed by atoms with van der Waals surface area (Å²) in [7, 11) is 1.54. The van der Waals surface area contributed by atoms with Crippen LogP contribution in [-0.2, 0) is 0 Å². The minimum absolute atomic E-state index is 0.353. The average Bonchev–Trinajstić information content (AvgIpc) is 2.51. The molecular formula is C14H14ClN5O. The highest BCUT2D eigenvalue weighted by molar-refractivity contribution is 6.33. The molecule has 2 rings (SSSR count). The second-order valence-electron chi connectivity index (χ2n) is 4.04. The fourth-order valence-corrected chi connectivity index (χ4v) is 1.88. The highest BCUT2D eigenvalue weighted by atomic mass is 35.5. The first kappa shape index (κ1) is 14.9. The van der Waals surface area contributed by atoms with Crippen LogP contribution in [0.4, 0.5) is 17.5 Å². The zero-order valence-electron chi connectivity index (χ0n) is 11.6. The predicted octanol–water partition coefficient (Wildman–Crippen LogP) is 3.19. The lowest BCUT2D eigenvalue weighted by molar-refractivity contribution is 0.416. The number of rotatable bonds is 5. The van der Waals surface area contributed by atoms with E-state index in [0.29, 0.717) is 40.3 Å². The Morgan fingerprint density at radius 3 is 2.90 bits per heavy atom. The van der Waals surface area contributed by atoms with Crippen LogP contribution in [0.2, 0.25) is 5.02 Å². The molecule has 0 aliphatic heterocycles. The molecule has 0 fully saturated rings. The van der Waals surface area contributed by atoms with E-state index >= 15 is 0 Å². The van der Waals surface area contributed by atoms with Gasteiger partial charge in [-0.1, -0.05) is 17.7 Å². The van der Waals surface area contributed by atoms with Gasteiger partial charge in [0.15, 0.2) is 5.82 Å². The Hall–Kier alpha value is -2.52. The van der Waals surface area contributed by atoms with Crippen molar-refractivity contribution >= 4 is 29.1 Å². The zero-order valence-corrected chi connectivity index (χ0v) is 12.4. The number of benzene rings is 1. The molecule has 0 atom stereocenters. The van der Waals surface area contributed by atoms with Crippen molar-refractivity contribution < 1.29 is 4.74 Å². The lowest BCUT2D eigenvalue weighted by atomic mass is 10.2. The van der Waals surface area contributed by atoms with Crippen molar-refractivity contribution in [2.75, 3.05) is 24.3 Å². The van der Waals surface area contributed by atoms with E-state index in [9.17, 15) is 5.26 Å². The second-order valence-corrected chi connectivity index (χ2v) is 4.45. The molecule has 108 valence electrons. The van der Waals surface area contributed by atoms with Crippen LogP contribution in [0.1, 0.15) is 12.5 Å². The monoisotopic (exact) mass is 303 g/mol. The van der Waals surface area contributed by atoms with E-state index in [1.54, 1.807) is 18.2 Å². The van der Waals surface area contributed by atoms with E-state index in [2.05, 4.69) is 26.7 Å². The van der Waals surface area contributed by atoms with Gasteiger partial charge in [-0.3, -0.25) is 0 Å². The molecule has 2 N–H and O–H groups in total. The molecule has 0 aliphatic rings. The number of nitrogens with zero attached hydrogens (tertiary/aromatic N) is 3. The first-order chi connectivity index (χ1) is 10.2. The number of hydrogen-bond acceptors (Lipinski definition) is 6. The normalized spacial score (nSPS) is 9.81. The van der Waals surface area contributed by atoms with Crippen LogP contribution in [0.25, 0.3) is 0 Å². The van der Waals surface area contributed by atoms with Crippen molar-refractivity contribution in [3.63, 3.8) is 0 Å². The number of hydrogen-bond donors (Lipinski definition) is 2. The van der Waals surface area contributed by atoms with Crippen molar-refractivity contribution in [1.29, 1.82) is 5.26 Å². The van der Waals surface area contributed by atoms with Gasteiger partial charge in [0.05, 0.1) is 18.9 Å². The van der Waals surface area contributed by atoms with E-state index in [1.165, 1.54) is 13.3 Å². The van der Waals surface area contributed by atoms with Gasteiger partial charge in [-0.25, -0.2) is 4.98 Å². The molecule has 0 unspecified atom stereocenters. The molecule has 2 aromatic rings. The zero-order chi connectivity index (χ0) is 15.2. The van der Waals surface area contributed by atoms with Gasteiger partial charge in [0.25, 0.3) is 0 Å². The summed E-state index contributed by atoms with van der Waals surface area (Å²) in [5.41, 5.74) is 0.958. The topological polar surface area (TPSA) is 82.9 Å². The van der Waals surface area contributed by atoms with Crippen molar-refractivity contribution in [2.45, 2.75) is 6.92 Å². The van der Waals surface area contributed by atoms with Gasteiger partial charge in [-0.05, 0) is 19.1 Å². The lowest BCUT2D eigenvalue weighted by Gasteiger charge is -2.13. The lowest BCUT2D eigenvalue weighted by Crippen LogP contribution is -2.05. The Morgan fingerprint density at radius 2 is 2.24 bits per heavy atom. The van der Waals surface area contributed by atoms with Crippen molar-refractivity contribution in [3.05, 3.63) is 35.0 Å². The average molecular weight is 304 g/mol. The molecule has 0 radical (unpaired) electrons. The van der Waals surface area contributed by atoms with Crippen LogP contribution in [0.3, 0.4) is 0 Å². The smallest absolute Gasteiger partial charge is 0.224 e. The standard InChI is InChI=1S/C14H14ClN5O/c1-3-17-14-18-8-10(15)13(20-14)19-12-9(7-16)5-4-6-11(12)21-2/h4-6,8H,3H2,1-2H3,(H2,17,18,19,20). The Balaban J connectivity index is 2.42. The van der Waals surface area contributed by atoms with Crippen LogP contribution < -0.4 is 15.4 Å². The largest absolute Gasteiger partial charge is 0.495 e. The van der Waals surface area contributed by atoms with Gasteiger partial charge in [-0.2, -0.15) is 10.2 Å². The summed E-state index contributed by atoms with van der Waals surface area (Å²) < 4.78 is 5.26. The number of methoxy groups -OCH3 is 1. The Labute approximate surface area is 127 Å². The summed E-state index contributed by atoms with van der Waals surface area (Å²) >= 11 is 6.10. The Morgan fingerprint density at radius 1 is 1.43 bits per heavy atom. The molecule has 0 saturated heterocycles. The SMILES string of the molecule is CCNc1ncc(Cl)c(Nc2c(C#N)cccc2OC)n1. The summed E-state index contributed by atoms with van der Waals surface area (Å²) in [6, 6.07) is 7.29. The van der Waals surface area contributed by atoms with Gasteiger partial charge in [-0.15, -0.1) is 0 Å². The Kier molecular flexibility index (Phi) is 4.80. The predicted molar refractivity (Wildman–Crippen MR) is 82.2 cm³/mol. The van der Waals surface area contributed by atoms with Gasteiger partial charge < -0.3 is 15.4 Å². The fourth-order valence-electron chi connectivity index (χ4n) is 1.74. The molecule has 0 saturated carbocycles. The van der Waals surface area contributed by atoms with Gasteiger partial charge in [0.1, 0.15) is 22.5 Å². The molecule has 1 heterocycles. The van der Waals surface area contributed by atoms with E-state index in [1.807, 2.05) is 6.92 Å². The minimum atomic E-state index is 0.353. The van der Waals surface area contributed by atoms with Crippen molar-refractivity contribution in [1.82, 2.24) is 9.97 Å². The highest BCUT2D eigenvalue weighted by Crippen LogP contribution is 2.32. The molecule has 1 aromatic heterocycles.